The largest absolute Gasteiger partial charge is 0.379 e. The lowest BCUT2D eigenvalue weighted by Gasteiger charge is -2.25. The van der Waals surface area contributed by atoms with E-state index in [0.717, 1.165) is 58.7 Å². The van der Waals surface area contributed by atoms with Gasteiger partial charge < -0.3 is 4.74 Å². The standard InChI is InChI=1S/C14H14BrN5OS/c15-11-3-1-10(2-4-11)13-18-20-12(16-17-14(20)22-13)9-19-5-7-21-8-6-19/h1-4H,5-9H2. The topological polar surface area (TPSA) is 55.5 Å². The van der Waals surface area contributed by atoms with Crippen molar-refractivity contribution in [3.63, 3.8) is 0 Å². The summed E-state index contributed by atoms with van der Waals surface area (Å²) in [5.41, 5.74) is 1.09. The van der Waals surface area contributed by atoms with E-state index in [4.69, 9.17) is 4.74 Å². The molecule has 6 nitrogen and oxygen atoms in total. The highest BCUT2D eigenvalue weighted by atomic mass is 79.9. The number of aromatic nitrogens is 4. The first-order chi connectivity index (χ1) is 10.8. The van der Waals surface area contributed by atoms with Crippen molar-refractivity contribution in [1.29, 1.82) is 0 Å². The van der Waals surface area contributed by atoms with Crippen LogP contribution in [0.2, 0.25) is 0 Å². The minimum absolute atomic E-state index is 0.758. The molecule has 1 fully saturated rings. The number of nitrogens with zero attached hydrogens (tertiary/aromatic N) is 5. The first-order valence-corrected chi connectivity index (χ1v) is 8.68. The Morgan fingerprint density at radius 3 is 2.68 bits per heavy atom. The van der Waals surface area contributed by atoms with Crippen LogP contribution in [-0.2, 0) is 11.3 Å². The fraction of sp³-hybridized carbons (Fsp3) is 0.357. The third-order valence-electron chi connectivity index (χ3n) is 3.62. The second-order valence-corrected chi connectivity index (χ2v) is 6.98. The monoisotopic (exact) mass is 379 g/mol. The quantitative estimate of drug-likeness (QED) is 0.699. The van der Waals surface area contributed by atoms with Gasteiger partial charge in [-0.3, -0.25) is 4.90 Å². The average molecular weight is 380 g/mol. The Balaban J connectivity index is 1.62. The zero-order valence-electron chi connectivity index (χ0n) is 11.8. The lowest BCUT2D eigenvalue weighted by molar-refractivity contribution is 0.0328. The van der Waals surface area contributed by atoms with Crippen LogP contribution in [0.1, 0.15) is 5.82 Å². The minimum atomic E-state index is 0.758. The summed E-state index contributed by atoms with van der Waals surface area (Å²) in [6, 6.07) is 8.15. The van der Waals surface area contributed by atoms with Gasteiger partial charge in [0.15, 0.2) is 5.82 Å². The number of hydrogen-bond donors (Lipinski definition) is 0. The number of morpholine rings is 1. The lowest BCUT2D eigenvalue weighted by atomic mass is 10.2. The van der Waals surface area contributed by atoms with Gasteiger partial charge in [-0.25, -0.2) is 0 Å². The number of rotatable bonds is 3. The smallest absolute Gasteiger partial charge is 0.235 e. The molecule has 0 saturated carbocycles. The third-order valence-corrected chi connectivity index (χ3v) is 5.09. The van der Waals surface area contributed by atoms with E-state index < -0.39 is 0 Å². The van der Waals surface area contributed by atoms with Gasteiger partial charge in [0.1, 0.15) is 5.01 Å². The van der Waals surface area contributed by atoms with Crippen molar-refractivity contribution in [2.24, 2.45) is 0 Å². The van der Waals surface area contributed by atoms with Crippen molar-refractivity contribution < 1.29 is 4.74 Å². The molecule has 0 radical (unpaired) electrons. The van der Waals surface area contributed by atoms with Crippen molar-refractivity contribution in [2.75, 3.05) is 26.3 Å². The molecule has 0 N–H and O–H groups in total. The van der Waals surface area contributed by atoms with E-state index in [9.17, 15) is 0 Å². The number of hydrogen-bond acceptors (Lipinski definition) is 6. The van der Waals surface area contributed by atoms with Crippen LogP contribution in [0.5, 0.6) is 0 Å². The molecule has 2 aromatic heterocycles. The molecular weight excluding hydrogens is 366 g/mol. The Bertz CT molecular complexity index is 778. The first kappa shape index (κ1) is 14.3. The van der Waals surface area contributed by atoms with Crippen LogP contribution < -0.4 is 0 Å². The average Bonchev–Trinajstić information content (AvgIpc) is 3.11. The molecule has 8 heteroatoms. The van der Waals surface area contributed by atoms with Crippen LogP contribution in [-0.4, -0.2) is 51.0 Å². The van der Waals surface area contributed by atoms with Crippen molar-refractivity contribution >= 4 is 32.2 Å². The van der Waals surface area contributed by atoms with Gasteiger partial charge in [0.2, 0.25) is 4.96 Å². The predicted octanol–water partition coefficient (Wildman–Crippen LogP) is 2.45. The molecule has 114 valence electrons. The van der Waals surface area contributed by atoms with E-state index in [-0.39, 0.29) is 0 Å². The summed E-state index contributed by atoms with van der Waals surface area (Å²) in [6.45, 7) is 4.18. The molecule has 1 aliphatic heterocycles. The van der Waals surface area contributed by atoms with Crippen LogP contribution in [0.15, 0.2) is 28.7 Å². The highest BCUT2D eigenvalue weighted by Crippen LogP contribution is 2.26. The Morgan fingerprint density at radius 1 is 1.14 bits per heavy atom. The van der Waals surface area contributed by atoms with E-state index in [1.54, 1.807) is 11.3 Å². The first-order valence-electron chi connectivity index (χ1n) is 7.07. The molecular formula is C14H14BrN5OS. The molecule has 0 unspecified atom stereocenters. The number of halogens is 1. The SMILES string of the molecule is Brc1ccc(-c2nn3c(CN4CCOCC4)nnc3s2)cc1. The summed E-state index contributed by atoms with van der Waals surface area (Å²) in [5.74, 6) is 0.886. The van der Waals surface area contributed by atoms with Crippen LogP contribution in [0.3, 0.4) is 0 Å². The lowest BCUT2D eigenvalue weighted by Crippen LogP contribution is -2.36. The number of benzene rings is 1. The third kappa shape index (κ3) is 2.79. The molecule has 3 heterocycles. The van der Waals surface area contributed by atoms with Gasteiger partial charge in [-0.15, -0.1) is 10.2 Å². The maximum atomic E-state index is 5.38. The Morgan fingerprint density at radius 2 is 1.91 bits per heavy atom. The van der Waals surface area contributed by atoms with Crippen LogP contribution >= 0.6 is 27.3 Å². The van der Waals surface area contributed by atoms with E-state index in [2.05, 4.69) is 48.3 Å². The molecule has 0 bridgehead atoms. The van der Waals surface area contributed by atoms with E-state index >= 15 is 0 Å². The molecule has 0 aliphatic carbocycles. The van der Waals surface area contributed by atoms with E-state index in [1.165, 1.54) is 0 Å². The molecule has 0 atom stereocenters. The summed E-state index contributed by atoms with van der Waals surface area (Å²) in [6.07, 6.45) is 0. The predicted molar refractivity (Wildman–Crippen MR) is 87.9 cm³/mol. The Labute approximate surface area is 139 Å². The molecule has 1 saturated heterocycles. The van der Waals surface area contributed by atoms with Gasteiger partial charge in [-0.05, 0) is 12.1 Å². The summed E-state index contributed by atoms with van der Waals surface area (Å²) >= 11 is 5.01. The van der Waals surface area contributed by atoms with Crippen molar-refractivity contribution in [1.82, 2.24) is 24.7 Å². The molecule has 4 rings (SSSR count). The zero-order chi connectivity index (χ0) is 14.9. The molecule has 3 aromatic rings. The fourth-order valence-corrected chi connectivity index (χ4v) is 3.55. The number of fused-ring (bicyclic) bond motifs is 1. The minimum Gasteiger partial charge on any atom is -0.379 e. The van der Waals surface area contributed by atoms with Gasteiger partial charge in [0, 0.05) is 23.1 Å². The van der Waals surface area contributed by atoms with Gasteiger partial charge in [-0.1, -0.05) is 39.4 Å². The molecule has 1 aliphatic rings. The Kier molecular flexibility index (Phi) is 3.91. The van der Waals surface area contributed by atoms with E-state index in [1.807, 2.05) is 16.6 Å². The van der Waals surface area contributed by atoms with E-state index in [0.29, 0.717) is 0 Å². The second-order valence-electron chi connectivity index (χ2n) is 5.11. The summed E-state index contributed by atoms with van der Waals surface area (Å²) in [7, 11) is 0. The van der Waals surface area contributed by atoms with Gasteiger partial charge in [-0.2, -0.15) is 9.61 Å². The summed E-state index contributed by atoms with van der Waals surface area (Å²) < 4.78 is 8.30. The molecule has 0 amide bonds. The highest BCUT2D eigenvalue weighted by molar-refractivity contribution is 9.10. The maximum Gasteiger partial charge on any atom is 0.235 e. The van der Waals surface area contributed by atoms with Crippen LogP contribution in [0.4, 0.5) is 0 Å². The van der Waals surface area contributed by atoms with Gasteiger partial charge in [0.05, 0.1) is 19.8 Å². The molecule has 22 heavy (non-hydrogen) atoms. The van der Waals surface area contributed by atoms with Crippen molar-refractivity contribution in [2.45, 2.75) is 6.54 Å². The van der Waals surface area contributed by atoms with Crippen LogP contribution in [0.25, 0.3) is 15.5 Å². The van der Waals surface area contributed by atoms with Gasteiger partial charge >= 0.3 is 0 Å². The zero-order valence-corrected chi connectivity index (χ0v) is 14.2. The highest BCUT2D eigenvalue weighted by Gasteiger charge is 2.17. The fourth-order valence-electron chi connectivity index (χ4n) is 2.42. The normalized spacial score (nSPS) is 16.4. The summed E-state index contributed by atoms with van der Waals surface area (Å²) in [5, 5.41) is 14.2. The molecule has 0 spiro atoms. The van der Waals surface area contributed by atoms with Crippen LogP contribution in [0, 0.1) is 0 Å². The number of ether oxygens (including phenoxy) is 1. The van der Waals surface area contributed by atoms with Gasteiger partial charge in [0.25, 0.3) is 0 Å². The molecule has 1 aromatic carbocycles. The van der Waals surface area contributed by atoms with Crippen molar-refractivity contribution in [3.8, 4) is 10.6 Å². The summed E-state index contributed by atoms with van der Waals surface area (Å²) in [4.78, 5) is 3.15. The maximum absolute atomic E-state index is 5.38. The second kappa shape index (κ2) is 6.04. The van der Waals surface area contributed by atoms with Crippen molar-refractivity contribution in [3.05, 3.63) is 34.6 Å². The Hall–Kier alpha value is -1.35.